The number of hydrogen-bond acceptors (Lipinski definition) is 2. The third-order valence-electron chi connectivity index (χ3n) is 4.45. The maximum Gasteiger partial charge on any atom is 0.317 e. The number of aryl methyl sites for hydroxylation is 1. The van der Waals surface area contributed by atoms with Crippen molar-refractivity contribution in [2.24, 2.45) is 5.92 Å². The van der Waals surface area contributed by atoms with Gasteiger partial charge in [0, 0.05) is 18.6 Å². The maximum absolute atomic E-state index is 12.4. The molecular weight excluding hydrogens is 288 g/mol. The number of benzene rings is 1. The molecule has 2 amide bonds. The van der Waals surface area contributed by atoms with Gasteiger partial charge in [0.1, 0.15) is 5.75 Å². The number of nitrogens with one attached hydrogen (secondary N) is 1. The highest BCUT2D eigenvalue weighted by Crippen LogP contribution is 2.14. The van der Waals surface area contributed by atoms with Gasteiger partial charge in [-0.25, -0.2) is 4.79 Å². The summed E-state index contributed by atoms with van der Waals surface area (Å²) in [6.45, 7) is 11.2. The summed E-state index contributed by atoms with van der Waals surface area (Å²) in [6, 6.07) is 8.53. The molecule has 130 valence electrons. The zero-order chi connectivity index (χ0) is 17.4. The predicted octanol–water partition coefficient (Wildman–Crippen LogP) is 4.09. The summed E-state index contributed by atoms with van der Waals surface area (Å²) in [5, 5.41) is 3.12. The van der Waals surface area contributed by atoms with Gasteiger partial charge in [0.25, 0.3) is 0 Å². The second-order valence-electron chi connectivity index (χ2n) is 6.51. The lowest BCUT2D eigenvalue weighted by Crippen LogP contribution is -2.49. The van der Waals surface area contributed by atoms with Gasteiger partial charge >= 0.3 is 6.03 Å². The fourth-order valence-electron chi connectivity index (χ4n) is 2.52. The van der Waals surface area contributed by atoms with Crippen molar-refractivity contribution in [2.75, 3.05) is 13.7 Å². The van der Waals surface area contributed by atoms with Crippen LogP contribution in [0.25, 0.3) is 0 Å². The molecule has 1 rings (SSSR count). The van der Waals surface area contributed by atoms with Gasteiger partial charge < -0.3 is 15.0 Å². The van der Waals surface area contributed by atoms with Crippen LogP contribution in [0, 0.1) is 5.92 Å². The van der Waals surface area contributed by atoms with Gasteiger partial charge in [-0.15, -0.1) is 0 Å². The van der Waals surface area contributed by atoms with E-state index >= 15 is 0 Å². The van der Waals surface area contributed by atoms with Crippen molar-refractivity contribution < 1.29 is 9.53 Å². The Balaban J connectivity index is 2.48. The van der Waals surface area contributed by atoms with Gasteiger partial charge in [0.05, 0.1) is 7.11 Å². The number of ether oxygens (including phenoxy) is 1. The van der Waals surface area contributed by atoms with E-state index in [-0.39, 0.29) is 18.1 Å². The number of urea groups is 1. The summed E-state index contributed by atoms with van der Waals surface area (Å²) in [5.74, 6) is 1.33. The fourth-order valence-corrected chi connectivity index (χ4v) is 2.52. The first kappa shape index (κ1) is 19.3. The Morgan fingerprint density at radius 3 is 2.26 bits per heavy atom. The summed E-state index contributed by atoms with van der Waals surface area (Å²) in [5.41, 5.74) is 1.26. The normalized spacial score (nSPS) is 13.5. The van der Waals surface area contributed by atoms with Crippen molar-refractivity contribution >= 4 is 6.03 Å². The van der Waals surface area contributed by atoms with E-state index in [0.717, 1.165) is 25.1 Å². The molecule has 0 saturated carbocycles. The van der Waals surface area contributed by atoms with Crippen LogP contribution < -0.4 is 10.1 Å². The van der Waals surface area contributed by atoms with Gasteiger partial charge in [0.15, 0.2) is 0 Å². The minimum atomic E-state index is 0.0379. The SMILES string of the molecule is CCN(C(=O)NC(C)CCc1ccc(OC)cc1)C(C)C(C)C. The fraction of sp³-hybridized carbons (Fsp3) is 0.632. The molecule has 0 fully saturated rings. The number of amides is 2. The summed E-state index contributed by atoms with van der Waals surface area (Å²) < 4.78 is 5.17. The van der Waals surface area contributed by atoms with E-state index in [2.05, 4.69) is 45.1 Å². The quantitative estimate of drug-likeness (QED) is 0.784. The van der Waals surface area contributed by atoms with Crippen LogP contribution >= 0.6 is 0 Å². The van der Waals surface area contributed by atoms with Crippen LogP contribution in [0.5, 0.6) is 5.75 Å². The minimum absolute atomic E-state index is 0.0379. The summed E-state index contributed by atoms with van der Waals surface area (Å²) >= 11 is 0. The monoisotopic (exact) mass is 320 g/mol. The van der Waals surface area contributed by atoms with Crippen LogP contribution in [-0.4, -0.2) is 36.7 Å². The maximum atomic E-state index is 12.4. The van der Waals surface area contributed by atoms with Crippen LogP contribution in [-0.2, 0) is 6.42 Å². The lowest BCUT2D eigenvalue weighted by Gasteiger charge is -2.32. The van der Waals surface area contributed by atoms with Crippen molar-refractivity contribution in [1.82, 2.24) is 10.2 Å². The summed E-state index contributed by atoms with van der Waals surface area (Å²) in [4.78, 5) is 14.3. The summed E-state index contributed by atoms with van der Waals surface area (Å²) in [7, 11) is 1.67. The minimum Gasteiger partial charge on any atom is -0.497 e. The molecule has 0 saturated heterocycles. The van der Waals surface area contributed by atoms with E-state index in [1.807, 2.05) is 24.0 Å². The Morgan fingerprint density at radius 2 is 1.78 bits per heavy atom. The first-order valence-electron chi connectivity index (χ1n) is 8.59. The van der Waals surface area contributed by atoms with Crippen molar-refractivity contribution in [3.63, 3.8) is 0 Å². The third kappa shape index (κ3) is 6.12. The Morgan fingerprint density at radius 1 is 1.17 bits per heavy atom. The molecule has 1 aromatic rings. The number of nitrogens with zero attached hydrogens (tertiary/aromatic N) is 1. The molecule has 4 nitrogen and oxygen atoms in total. The molecule has 0 aliphatic carbocycles. The van der Waals surface area contributed by atoms with Crippen LogP contribution in [0.3, 0.4) is 0 Å². The zero-order valence-electron chi connectivity index (χ0n) is 15.4. The number of hydrogen-bond donors (Lipinski definition) is 1. The van der Waals surface area contributed by atoms with Crippen molar-refractivity contribution in [1.29, 1.82) is 0 Å². The van der Waals surface area contributed by atoms with E-state index < -0.39 is 0 Å². The highest BCUT2D eigenvalue weighted by Gasteiger charge is 2.21. The molecule has 2 unspecified atom stereocenters. The highest BCUT2D eigenvalue weighted by molar-refractivity contribution is 5.74. The molecule has 1 N–H and O–H groups in total. The van der Waals surface area contributed by atoms with Crippen LogP contribution in [0.2, 0.25) is 0 Å². The second-order valence-corrected chi connectivity index (χ2v) is 6.51. The standard InChI is InChI=1S/C19H32N2O2/c1-7-21(16(5)14(2)3)19(22)20-15(4)8-9-17-10-12-18(23-6)13-11-17/h10-16H,7-9H2,1-6H3,(H,20,22). The molecule has 0 bridgehead atoms. The summed E-state index contributed by atoms with van der Waals surface area (Å²) in [6.07, 6.45) is 1.86. The number of rotatable bonds is 8. The third-order valence-corrected chi connectivity index (χ3v) is 4.45. The lowest BCUT2D eigenvalue weighted by molar-refractivity contribution is 0.163. The molecule has 0 radical (unpaired) electrons. The van der Waals surface area contributed by atoms with Gasteiger partial charge in [-0.05, 0) is 57.2 Å². The van der Waals surface area contributed by atoms with Gasteiger partial charge in [-0.3, -0.25) is 0 Å². The van der Waals surface area contributed by atoms with Crippen LogP contribution in [0.15, 0.2) is 24.3 Å². The number of carbonyl (C=O) groups is 1. The van der Waals surface area contributed by atoms with Crippen molar-refractivity contribution in [2.45, 2.75) is 59.5 Å². The topological polar surface area (TPSA) is 41.6 Å². The van der Waals surface area contributed by atoms with Crippen molar-refractivity contribution in [3.8, 4) is 5.75 Å². The molecule has 0 aliphatic rings. The van der Waals surface area contributed by atoms with E-state index in [9.17, 15) is 4.79 Å². The van der Waals surface area contributed by atoms with Gasteiger partial charge in [-0.1, -0.05) is 26.0 Å². The molecule has 23 heavy (non-hydrogen) atoms. The van der Waals surface area contributed by atoms with Crippen LogP contribution in [0.4, 0.5) is 4.79 Å². The molecular formula is C19H32N2O2. The zero-order valence-corrected chi connectivity index (χ0v) is 15.4. The largest absolute Gasteiger partial charge is 0.497 e. The lowest BCUT2D eigenvalue weighted by atomic mass is 10.0. The second kappa shape index (κ2) is 9.43. The molecule has 4 heteroatoms. The molecule has 0 heterocycles. The molecule has 0 aromatic heterocycles. The van der Waals surface area contributed by atoms with Crippen LogP contribution in [0.1, 0.15) is 46.6 Å². The van der Waals surface area contributed by atoms with E-state index in [0.29, 0.717) is 5.92 Å². The first-order chi connectivity index (χ1) is 10.9. The Labute approximate surface area is 141 Å². The molecule has 0 spiro atoms. The highest BCUT2D eigenvalue weighted by atomic mass is 16.5. The van der Waals surface area contributed by atoms with Crippen molar-refractivity contribution in [3.05, 3.63) is 29.8 Å². The number of carbonyl (C=O) groups excluding carboxylic acids is 1. The van der Waals surface area contributed by atoms with E-state index in [4.69, 9.17) is 4.74 Å². The Kier molecular flexibility index (Phi) is 7.93. The average molecular weight is 320 g/mol. The van der Waals surface area contributed by atoms with E-state index in [1.54, 1.807) is 7.11 Å². The Bertz CT molecular complexity index is 471. The van der Waals surface area contributed by atoms with Gasteiger partial charge in [-0.2, -0.15) is 0 Å². The molecule has 1 aromatic carbocycles. The Hall–Kier alpha value is -1.71. The van der Waals surface area contributed by atoms with E-state index in [1.165, 1.54) is 5.56 Å². The average Bonchev–Trinajstić information content (AvgIpc) is 2.53. The predicted molar refractivity (Wildman–Crippen MR) is 96.0 cm³/mol. The molecule has 0 aliphatic heterocycles. The molecule has 2 atom stereocenters. The number of methoxy groups -OCH3 is 1. The first-order valence-corrected chi connectivity index (χ1v) is 8.59. The smallest absolute Gasteiger partial charge is 0.317 e. The van der Waals surface area contributed by atoms with Gasteiger partial charge in [0.2, 0.25) is 0 Å².